The molecule has 7 nitrogen and oxygen atoms in total. The summed E-state index contributed by atoms with van der Waals surface area (Å²) in [6.45, 7) is 2.48. The molecule has 0 aliphatic carbocycles. The Morgan fingerprint density at radius 2 is 2.47 bits per heavy atom. The van der Waals surface area contributed by atoms with Gasteiger partial charge in [-0.2, -0.15) is 5.10 Å². The number of amides is 1. The normalized spacial score (nSPS) is 12.3. The summed E-state index contributed by atoms with van der Waals surface area (Å²) in [6.07, 6.45) is 9.22. The number of nitrogens with one attached hydrogen (secondary N) is 2. The van der Waals surface area contributed by atoms with Crippen molar-refractivity contribution in [2.45, 2.75) is 38.8 Å². The molecule has 2 heterocycles. The van der Waals surface area contributed by atoms with E-state index < -0.39 is 0 Å². The molecule has 0 aliphatic heterocycles. The molecule has 2 aromatic rings. The zero-order valence-electron chi connectivity index (χ0n) is 10.9. The van der Waals surface area contributed by atoms with Gasteiger partial charge in [0.15, 0.2) is 0 Å². The van der Waals surface area contributed by atoms with E-state index >= 15 is 0 Å². The summed E-state index contributed by atoms with van der Waals surface area (Å²) in [6, 6.07) is 0.155. The van der Waals surface area contributed by atoms with Crippen LogP contribution in [-0.4, -0.2) is 30.6 Å². The van der Waals surface area contributed by atoms with E-state index in [4.69, 9.17) is 0 Å². The fourth-order valence-corrected chi connectivity index (χ4v) is 1.96. The standard InChI is InChI=1S/C12H18N6O/c1-2-3-10(18-5-4-13-9-18)6-12(19)14-7-11-15-8-16-17-11/h4-5,8-10H,2-3,6-7H2,1H3,(H,14,19)(H,15,16,17). The molecule has 19 heavy (non-hydrogen) atoms. The quantitative estimate of drug-likeness (QED) is 0.780. The molecule has 2 aromatic heterocycles. The van der Waals surface area contributed by atoms with Crippen molar-refractivity contribution in [1.82, 2.24) is 30.0 Å². The van der Waals surface area contributed by atoms with Gasteiger partial charge >= 0.3 is 0 Å². The summed E-state index contributed by atoms with van der Waals surface area (Å²) < 4.78 is 1.98. The Kier molecular flexibility index (Phi) is 4.66. The average molecular weight is 262 g/mol. The smallest absolute Gasteiger partial charge is 0.222 e. The van der Waals surface area contributed by atoms with Crippen LogP contribution < -0.4 is 5.32 Å². The van der Waals surface area contributed by atoms with Gasteiger partial charge in [0.1, 0.15) is 12.2 Å². The molecule has 0 aromatic carbocycles. The lowest BCUT2D eigenvalue weighted by Gasteiger charge is -2.17. The second-order valence-electron chi connectivity index (χ2n) is 4.37. The van der Waals surface area contributed by atoms with Gasteiger partial charge in [0.25, 0.3) is 0 Å². The number of hydrogen-bond donors (Lipinski definition) is 2. The van der Waals surface area contributed by atoms with Crippen LogP contribution in [0.3, 0.4) is 0 Å². The van der Waals surface area contributed by atoms with E-state index in [2.05, 4.69) is 32.4 Å². The molecule has 7 heteroatoms. The first-order valence-electron chi connectivity index (χ1n) is 6.38. The van der Waals surface area contributed by atoms with E-state index in [0.29, 0.717) is 18.8 Å². The number of aromatic amines is 1. The summed E-state index contributed by atoms with van der Waals surface area (Å²) in [5, 5.41) is 9.27. The molecule has 1 atom stereocenters. The third-order valence-electron chi connectivity index (χ3n) is 2.91. The highest BCUT2D eigenvalue weighted by molar-refractivity contribution is 5.76. The van der Waals surface area contributed by atoms with Crippen LogP contribution in [0.25, 0.3) is 0 Å². The Labute approximate surface area is 111 Å². The van der Waals surface area contributed by atoms with Crippen molar-refractivity contribution in [3.63, 3.8) is 0 Å². The van der Waals surface area contributed by atoms with Gasteiger partial charge in [0.05, 0.1) is 12.9 Å². The Bertz CT molecular complexity index is 478. The summed E-state index contributed by atoms with van der Waals surface area (Å²) in [4.78, 5) is 19.9. The number of rotatable bonds is 7. The molecule has 0 spiro atoms. The molecule has 1 unspecified atom stereocenters. The maximum atomic E-state index is 11.9. The van der Waals surface area contributed by atoms with Crippen LogP contribution in [0, 0.1) is 0 Å². The zero-order valence-corrected chi connectivity index (χ0v) is 10.9. The van der Waals surface area contributed by atoms with Gasteiger partial charge < -0.3 is 9.88 Å². The molecular formula is C12H18N6O. The van der Waals surface area contributed by atoms with E-state index in [1.165, 1.54) is 6.33 Å². The topological polar surface area (TPSA) is 88.5 Å². The Morgan fingerprint density at radius 3 is 3.11 bits per heavy atom. The van der Waals surface area contributed by atoms with Crippen LogP contribution in [0.15, 0.2) is 25.0 Å². The van der Waals surface area contributed by atoms with Crippen LogP contribution in [0.5, 0.6) is 0 Å². The maximum Gasteiger partial charge on any atom is 0.222 e. The van der Waals surface area contributed by atoms with Gasteiger partial charge in [-0.25, -0.2) is 9.97 Å². The van der Waals surface area contributed by atoms with Crippen molar-refractivity contribution in [3.05, 3.63) is 30.9 Å². The van der Waals surface area contributed by atoms with Crippen LogP contribution in [0.2, 0.25) is 0 Å². The minimum atomic E-state index is 0.00329. The van der Waals surface area contributed by atoms with E-state index in [9.17, 15) is 4.79 Å². The number of aromatic nitrogens is 5. The number of hydrogen-bond acceptors (Lipinski definition) is 4. The lowest BCUT2D eigenvalue weighted by molar-refractivity contribution is -0.122. The number of H-pyrrole nitrogens is 1. The maximum absolute atomic E-state index is 11.9. The minimum absolute atomic E-state index is 0.00329. The van der Waals surface area contributed by atoms with E-state index in [0.717, 1.165) is 12.8 Å². The summed E-state index contributed by atoms with van der Waals surface area (Å²) in [5.41, 5.74) is 0. The number of carbonyl (C=O) groups excluding carboxylic acids is 1. The average Bonchev–Trinajstić information content (AvgIpc) is 3.09. The van der Waals surface area contributed by atoms with Crippen LogP contribution in [0.4, 0.5) is 0 Å². The first-order valence-corrected chi connectivity index (χ1v) is 6.38. The van der Waals surface area contributed by atoms with Gasteiger partial charge in [-0.05, 0) is 6.42 Å². The second kappa shape index (κ2) is 6.67. The molecule has 0 fully saturated rings. The monoisotopic (exact) mass is 262 g/mol. The lowest BCUT2D eigenvalue weighted by atomic mass is 10.1. The predicted octanol–water partition coefficient (Wildman–Crippen LogP) is 1.05. The van der Waals surface area contributed by atoms with Crippen molar-refractivity contribution in [3.8, 4) is 0 Å². The summed E-state index contributed by atoms with van der Waals surface area (Å²) in [5.74, 6) is 0.659. The van der Waals surface area contributed by atoms with Crippen molar-refractivity contribution in [2.75, 3.05) is 0 Å². The number of carbonyl (C=O) groups is 1. The van der Waals surface area contributed by atoms with Gasteiger partial charge in [-0.1, -0.05) is 13.3 Å². The molecule has 0 aliphatic rings. The van der Waals surface area contributed by atoms with E-state index in [-0.39, 0.29) is 11.9 Å². The highest BCUT2D eigenvalue weighted by Gasteiger charge is 2.14. The fraction of sp³-hybridized carbons (Fsp3) is 0.500. The minimum Gasteiger partial charge on any atom is -0.349 e. The Hall–Kier alpha value is -2.18. The number of imidazole rings is 1. The predicted molar refractivity (Wildman–Crippen MR) is 69.0 cm³/mol. The second-order valence-corrected chi connectivity index (χ2v) is 4.37. The molecule has 2 N–H and O–H groups in total. The van der Waals surface area contributed by atoms with Crippen molar-refractivity contribution < 1.29 is 4.79 Å². The highest BCUT2D eigenvalue weighted by Crippen LogP contribution is 2.17. The largest absolute Gasteiger partial charge is 0.349 e. The van der Waals surface area contributed by atoms with E-state index in [1.54, 1.807) is 12.5 Å². The molecule has 0 radical (unpaired) electrons. The first-order chi connectivity index (χ1) is 9.29. The molecule has 0 saturated carbocycles. The van der Waals surface area contributed by atoms with E-state index in [1.807, 2.05) is 10.8 Å². The highest BCUT2D eigenvalue weighted by atomic mass is 16.1. The van der Waals surface area contributed by atoms with Crippen LogP contribution in [0.1, 0.15) is 38.1 Å². The first kappa shape index (κ1) is 13.3. The van der Waals surface area contributed by atoms with Gasteiger partial charge in [0.2, 0.25) is 5.91 Å². The molecule has 0 bridgehead atoms. The van der Waals surface area contributed by atoms with Crippen molar-refractivity contribution in [1.29, 1.82) is 0 Å². The van der Waals surface area contributed by atoms with Crippen LogP contribution >= 0.6 is 0 Å². The summed E-state index contributed by atoms with van der Waals surface area (Å²) >= 11 is 0. The number of nitrogens with zero attached hydrogens (tertiary/aromatic N) is 4. The van der Waals surface area contributed by atoms with Crippen molar-refractivity contribution >= 4 is 5.91 Å². The Morgan fingerprint density at radius 1 is 1.58 bits per heavy atom. The van der Waals surface area contributed by atoms with Crippen LogP contribution in [-0.2, 0) is 11.3 Å². The zero-order chi connectivity index (χ0) is 13.5. The molecule has 2 rings (SSSR count). The van der Waals surface area contributed by atoms with Gasteiger partial charge in [0, 0.05) is 24.9 Å². The molecular weight excluding hydrogens is 244 g/mol. The third-order valence-corrected chi connectivity index (χ3v) is 2.91. The van der Waals surface area contributed by atoms with Gasteiger partial charge in [-0.3, -0.25) is 9.89 Å². The molecule has 102 valence electrons. The lowest BCUT2D eigenvalue weighted by Crippen LogP contribution is -2.26. The summed E-state index contributed by atoms with van der Waals surface area (Å²) in [7, 11) is 0. The van der Waals surface area contributed by atoms with Gasteiger partial charge in [-0.15, -0.1) is 0 Å². The van der Waals surface area contributed by atoms with Crippen molar-refractivity contribution in [2.24, 2.45) is 0 Å². The molecule has 0 saturated heterocycles. The SMILES string of the molecule is CCCC(CC(=O)NCc1ncn[nH]1)n1ccnc1. The third kappa shape index (κ3) is 3.90. The molecule has 1 amide bonds. The Balaban J connectivity index is 1.85. The fourth-order valence-electron chi connectivity index (χ4n) is 1.96.